The summed E-state index contributed by atoms with van der Waals surface area (Å²) in [5.41, 5.74) is -3.81. The van der Waals surface area contributed by atoms with Gasteiger partial charge in [0.05, 0.1) is 13.2 Å². The minimum atomic E-state index is -1.78. The molecule has 1 atom stereocenters. The van der Waals surface area contributed by atoms with E-state index < -0.39 is 35.0 Å². The Morgan fingerprint density at radius 3 is 2.05 bits per heavy atom. The topological polar surface area (TPSA) is 77.8 Å². The van der Waals surface area contributed by atoms with E-state index in [1.54, 1.807) is 0 Å². The second kappa shape index (κ2) is 4.66. The lowest BCUT2D eigenvalue weighted by atomic mass is 9.61. The van der Waals surface area contributed by atoms with Crippen molar-refractivity contribution in [2.75, 3.05) is 19.7 Å². The van der Waals surface area contributed by atoms with Gasteiger partial charge in [0.2, 0.25) is 5.91 Å². The average molecular weight is 299 g/mol. The standard InChI is InChI=1S/C15H22FNO4/c16-15(10-18)9-17(8-13(15)4-3-5-13)11(19)14(12(20)21)6-1-2-7-14/h18H,1-10H2,(H,20,21). The van der Waals surface area contributed by atoms with Gasteiger partial charge in [-0.25, -0.2) is 4.39 Å². The van der Waals surface area contributed by atoms with Gasteiger partial charge in [0, 0.05) is 12.0 Å². The molecular weight excluding hydrogens is 277 g/mol. The highest BCUT2D eigenvalue weighted by Crippen LogP contribution is 2.56. The molecule has 21 heavy (non-hydrogen) atoms. The first-order valence-electron chi connectivity index (χ1n) is 7.72. The van der Waals surface area contributed by atoms with Crippen molar-refractivity contribution in [3.63, 3.8) is 0 Å². The van der Waals surface area contributed by atoms with Gasteiger partial charge in [-0.1, -0.05) is 19.3 Å². The Hall–Kier alpha value is -1.17. The molecule has 2 aliphatic carbocycles. The van der Waals surface area contributed by atoms with E-state index >= 15 is 0 Å². The predicted molar refractivity (Wildman–Crippen MR) is 72.3 cm³/mol. The van der Waals surface area contributed by atoms with Crippen LogP contribution < -0.4 is 0 Å². The second-order valence-corrected chi connectivity index (χ2v) is 7.01. The molecule has 0 radical (unpaired) electrons. The van der Waals surface area contributed by atoms with E-state index in [4.69, 9.17) is 0 Å². The monoisotopic (exact) mass is 299 g/mol. The van der Waals surface area contributed by atoms with Crippen molar-refractivity contribution >= 4 is 11.9 Å². The Morgan fingerprint density at radius 2 is 1.67 bits per heavy atom. The van der Waals surface area contributed by atoms with Crippen LogP contribution in [0.3, 0.4) is 0 Å². The fourth-order valence-corrected chi connectivity index (χ4v) is 4.40. The molecule has 0 bridgehead atoms. The summed E-state index contributed by atoms with van der Waals surface area (Å²) in [6.07, 6.45) is 4.33. The molecule has 2 saturated carbocycles. The van der Waals surface area contributed by atoms with Crippen LogP contribution in [-0.4, -0.2) is 52.4 Å². The van der Waals surface area contributed by atoms with Crippen LogP contribution in [0.4, 0.5) is 4.39 Å². The zero-order valence-electron chi connectivity index (χ0n) is 12.1. The molecule has 0 aromatic carbocycles. The van der Waals surface area contributed by atoms with Crippen molar-refractivity contribution in [1.29, 1.82) is 0 Å². The summed E-state index contributed by atoms with van der Waals surface area (Å²) in [4.78, 5) is 25.7. The average Bonchev–Trinajstić information content (AvgIpc) is 3.01. The predicted octanol–water partition coefficient (Wildman–Crippen LogP) is 1.34. The molecule has 1 heterocycles. The lowest BCUT2D eigenvalue weighted by molar-refractivity contribution is -0.160. The number of likely N-dealkylation sites (tertiary alicyclic amines) is 1. The van der Waals surface area contributed by atoms with Gasteiger partial charge in [0.25, 0.3) is 0 Å². The SMILES string of the molecule is O=C(O)C1(C(=O)N2CC(F)(CO)C3(CCC3)C2)CCCC1. The zero-order chi connectivity index (χ0) is 15.3. The number of carboxylic acid groups (broad SMARTS) is 1. The third-order valence-electron chi connectivity index (χ3n) is 6.01. The number of carboxylic acids is 1. The van der Waals surface area contributed by atoms with E-state index in [9.17, 15) is 24.2 Å². The highest BCUT2D eigenvalue weighted by atomic mass is 19.1. The van der Waals surface area contributed by atoms with E-state index in [2.05, 4.69) is 0 Å². The number of aliphatic hydroxyl groups is 1. The number of alkyl halides is 1. The number of hydrogen-bond acceptors (Lipinski definition) is 3. The number of hydrogen-bond donors (Lipinski definition) is 2. The van der Waals surface area contributed by atoms with Crippen LogP contribution in [0, 0.1) is 10.8 Å². The summed E-state index contributed by atoms with van der Waals surface area (Å²) < 4.78 is 15.0. The summed E-state index contributed by atoms with van der Waals surface area (Å²) in [5.74, 6) is -1.54. The molecule has 118 valence electrons. The number of rotatable bonds is 3. The first-order chi connectivity index (χ1) is 9.89. The zero-order valence-corrected chi connectivity index (χ0v) is 12.1. The van der Waals surface area contributed by atoms with Crippen molar-refractivity contribution in [1.82, 2.24) is 4.90 Å². The molecular formula is C15H22FNO4. The van der Waals surface area contributed by atoms with E-state index in [1.807, 2.05) is 0 Å². The summed E-state index contributed by atoms with van der Waals surface area (Å²) in [6, 6.07) is 0. The van der Waals surface area contributed by atoms with Crippen molar-refractivity contribution in [2.45, 2.75) is 50.6 Å². The van der Waals surface area contributed by atoms with Crippen molar-refractivity contribution in [2.24, 2.45) is 10.8 Å². The van der Waals surface area contributed by atoms with Crippen LogP contribution in [0.5, 0.6) is 0 Å². The Labute approximate surface area is 123 Å². The minimum Gasteiger partial charge on any atom is -0.480 e. The third-order valence-corrected chi connectivity index (χ3v) is 6.01. The van der Waals surface area contributed by atoms with Gasteiger partial charge in [-0.3, -0.25) is 9.59 Å². The highest BCUT2D eigenvalue weighted by Gasteiger charge is 2.64. The van der Waals surface area contributed by atoms with Crippen LogP contribution in [-0.2, 0) is 9.59 Å². The molecule has 2 N–H and O–H groups in total. The van der Waals surface area contributed by atoms with Gasteiger partial charge in [-0.15, -0.1) is 0 Å². The summed E-state index contributed by atoms with van der Waals surface area (Å²) in [7, 11) is 0. The minimum absolute atomic E-state index is 0.169. The van der Waals surface area contributed by atoms with Crippen LogP contribution in [0.25, 0.3) is 0 Å². The lowest BCUT2D eigenvalue weighted by Crippen LogP contribution is -2.50. The molecule has 1 saturated heterocycles. The molecule has 0 aromatic rings. The molecule has 1 spiro atoms. The van der Waals surface area contributed by atoms with Gasteiger partial charge in [0.15, 0.2) is 5.67 Å². The van der Waals surface area contributed by atoms with Crippen molar-refractivity contribution < 1.29 is 24.2 Å². The summed E-state index contributed by atoms with van der Waals surface area (Å²) in [6.45, 7) is -0.522. The van der Waals surface area contributed by atoms with Crippen LogP contribution in [0.2, 0.25) is 0 Å². The molecule has 5 nitrogen and oxygen atoms in total. The fraction of sp³-hybridized carbons (Fsp3) is 0.867. The molecule has 3 rings (SSSR count). The molecule has 3 aliphatic rings. The maximum atomic E-state index is 15.0. The van der Waals surface area contributed by atoms with Crippen molar-refractivity contribution in [3.05, 3.63) is 0 Å². The smallest absolute Gasteiger partial charge is 0.319 e. The largest absolute Gasteiger partial charge is 0.480 e. The van der Waals surface area contributed by atoms with E-state index in [0.717, 1.165) is 19.3 Å². The van der Waals surface area contributed by atoms with E-state index in [0.29, 0.717) is 25.7 Å². The number of halogens is 1. The van der Waals surface area contributed by atoms with Gasteiger partial charge in [-0.2, -0.15) is 0 Å². The highest BCUT2D eigenvalue weighted by molar-refractivity contribution is 6.02. The number of nitrogens with zero attached hydrogens (tertiary/aromatic N) is 1. The molecule has 1 amide bonds. The molecule has 0 aromatic heterocycles. The molecule has 1 unspecified atom stereocenters. The Balaban J connectivity index is 1.85. The molecule has 3 fully saturated rings. The number of carbonyl (C=O) groups excluding carboxylic acids is 1. The van der Waals surface area contributed by atoms with Crippen LogP contribution >= 0.6 is 0 Å². The number of aliphatic hydroxyl groups excluding tert-OH is 1. The fourth-order valence-electron chi connectivity index (χ4n) is 4.40. The first kappa shape index (κ1) is 14.8. The number of amides is 1. The Kier molecular flexibility index (Phi) is 3.28. The number of carbonyl (C=O) groups is 2. The quantitative estimate of drug-likeness (QED) is 0.771. The van der Waals surface area contributed by atoms with E-state index in [1.165, 1.54) is 4.90 Å². The number of aliphatic carboxylic acids is 1. The van der Waals surface area contributed by atoms with Crippen LogP contribution in [0.15, 0.2) is 0 Å². The van der Waals surface area contributed by atoms with E-state index in [-0.39, 0.29) is 13.1 Å². The van der Waals surface area contributed by atoms with Crippen molar-refractivity contribution in [3.8, 4) is 0 Å². The third kappa shape index (κ3) is 1.84. The maximum absolute atomic E-state index is 15.0. The summed E-state index contributed by atoms with van der Waals surface area (Å²) >= 11 is 0. The van der Waals surface area contributed by atoms with Gasteiger partial charge >= 0.3 is 5.97 Å². The second-order valence-electron chi connectivity index (χ2n) is 7.01. The van der Waals surface area contributed by atoms with Gasteiger partial charge < -0.3 is 15.1 Å². The molecule has 1 aliphatic heterocycles. The normalized spacial score (nSPS) is 33.1. The summed E-state index contributed by atoms with van der Waals surface area (Å²) in [5, 5.41) is 18.9. The van der Waals surface area contributed by atoms with Gasteiger partial charge in [0.1, 0.15) is 5.41 Å². The Morgan fingerprint density at radius 1 is 1.05 bits per heavy atom. The Bertz CT molecular complexity index is 459. The first-order valence-corrected chi connectivity index (χ1v) is 7.72. The van der Waals surface area contributed by atoms with Crippen LogP contribution in [0.1, 0.15) is 44.9 Å². The molecule has 6 heteroatoms. The maximum Gasteiger partial charge on any atom is 0.319 e. The lowest BCUT2D eigenvalue weighted by Gasteiger charge is -2.45. The van der Waals surface area contributed by atoms with Gasteiger partial charge in [-0.05, 0) is 25.7 Å².